The molecule has 18 heavy (non-hydrogen) atoms. The minimum absolute atomic E-state index is 0.184. The Hall–Kier alpha value is -1.04. The number of hydrogen-bond donors (Lipinski definition) is 1. The smallest absolute Gasteiger partial charge is 0.387 e. The van der Waals surface area contributed by atoms with E-state index in [0.29, 0.717) is 4.47 Å². The van der Waals surface area contributed by atoms with E-state index >= 15 is 0 Å². The summed E-state index contributed by atoms with van der Waals surface area (Å²) in [5.74, 6) is 0.286. The highest BCUT2D eigenvalue weighted by molar-refractivity contribution is 9.10. The molecule has 6 heteroatoms. The third kappa shape index (κ3) is 4.01. The van der Waals surface area contributed by atoms with E-state index in [0.717, 1.165) is 12.1 Å². The Balaban J connectivity index is 3.24. The summed E-state index contributed by atoms with van der Waals surface area (Å²) < 4.78 is 38.2. The molecule has 0 radical (unpaired) electrons. The third-order valence-corrected chi connectivity index (χ3v) is 2.69. The number of halogens is 4. The zero-order valence-electron chi connectivity index (χ0n) is 10.3. The van der Waals surface area contributed by atoms with E-state index in [1.807, 2.05) is 20.8 Å². The Morgan fingerprint density at radius 1 is 1.17 bits per heavy atom. The fourth-order valence-electron chi connectivity index (χ4n) is 1.11. The Bertz CT molecular complexity index is 473. The average molecular weight is 323 g/mol. The number of nitrogens with two attached hydrogens (primary N) is 1. The Morgan fingerprint density at radius 2 is 1.72 bits per heavy atom. The van der Waals surface area contributed by atoms with Crippen LogP contribution in [-0.2, 0) is 6.18 Å². The molecule has 0 bridgehead atoms. The highest BCUT2D eigenvalue weighted by atomic mass is 79.9. The van der Waals surface area contributed by atoms with Crippen LogP contribution in [0.3, 0.4) is 0 Å². The van der Waals surface area contributed by atoms with Crippen LogP contribution in [0.5, 0.6) is 0 Å². The monoisotopic (exact) mass is 322 g/mol. The third-order valence-electron chi connectivity index (χ3n) is 2.23. The van der Waals surface area contributed by atoms with Gasteiger partial charge in [0.25, 0.3) is 0 Å². The number of amidine groups is 1. The van der Waals surface area contributed by atoms with E-state index in [-0.39, 0.29) is 16.9 Å². The van der Waals surface area contributed by atoms with E-state index in [1.54, 1.807) is 0 Å². The van der Waals surface area contributed by atoms with E-state index in [2.05, 4.69) is 20.9 Å². The fourth-order valence-corrected chi connectivity index (χ4v) is 1.59. The van der Waals surface area contributed by atoms with E-state index in [1.165, 1.54) is 6.07 Å². The van der Waals surface area contributed by atoms with Crippen molar-refractivity contribution >= 4 is 27.5 Å². The van der Waals surface area contributed by atoms with Gasteiger partial charge >= 0.3 is 6.18 Å². The second-order valence-corrected chi connectivity index (χ2v) is 5.86. The van der Waals surface area contributed by atoms with Gasteiger partial charge in [0, 0.05) is 9.89 Å². The van der Waals surface area contributed by atoms with Gasteiger partial charge < -0.3 is 5.73 Å². The van der Waals surface area contributed by atoms with E-state index < -0.39 is 11.7 Å². The molecule has 0 spiro atoms. The lowest BCUT2D eigenvalue weighted by atomic mass is 9.95. The first-order valence-corrected chi connectivity index (χ1v) is 6.02. The van der Waals surface area contributed by atoms with Gasteiger partial charge in [-0.3, -0.25) is 0 Å². The number of alkyl halides is 3. The van der Waals surface area contributed by atoms with Gasteiger partial charge in [0.1, 0.15) is 5.84 Å². The molecule has 0 saturated heterocycles. The molecule has 0 aliphatic heterocycles. The van der Waals surface area contributed by atoms with Gasteiger partial charge in [-0.2, -0.15) is 13.2 Å². The number of benzene rings is 1. The van der Waals surface area contributed by atoms with Crippen molar-refractivity contribution in [3.8, 4) is 0 Å². The van der Waals surface area contributed by atoms with Gasteiger partial charge in [-0.1, -0.05) is 36.7 Å². The summed E-state index contributed by atoms with van der Waals surface area (Å²) in [4.78, 5) is 4.03. The normalized spacial score (nSPS) is 13.8. The highest BCUT2D eigenvalue weighted by Gasteiger charge is 2.31. The quantitative estimate of drug-likeness (QED) is 0.600. The number of nitrogens with zero attached hydrogens (tertiary/aromatic N) is 1. The molecule has 1 aromatic carbocycles. The van der Waals surface area contributed by atoms with Crippen LogP contribution in [-0.4, -0.2) is 5.84 Å². The minimum Gasteiger partial charge on any atom is -0.387 e. The predicted octanol–water partition coefficient (Wildman–Crippen LogP) is 4.50. The van der Waals surface area contributed by atoms with Crippen molar-refractivity contribution in [3.05, 3.63) is 28.2 Å². The second-order valence-electron chi connectivity index (χ2n) is 4.94. The van der Waals surface area contributed by atoms with Crippen molar-refractivity contribution in [2.24, 2.45) is 16.1 Å². The van der Waals surface area contributed by atoms with Crippen LogP contribution in [0, 0.1) is 5.41 Å². The molecule has 0 aromatic heterocycles. The first-order valence-electron chi connectivity index (χ1n) is 5.22. The molecule has 0 heterocycles. The summed E-state index contributed by atoms with van der Waals surface area (Å²) >= 11 is 3.04. The van der Waals surface area contributed by atoms with Gasteiger partial charge in [-0.15, -0.1) is 0 Å². The first kappa shape index (κ1) is 15.0. The predicted molar refractivity (Wildman–Crippen MR) is 69.9 cm³/mol. The van der Waals surface area contributed by atoms with Gasteiger partial charge in [0.2, 0.25) is 0 Å². The molecule has 0 aliphatic rings. The van der Waals surface area contributed by atoms with Gasteiger partial charge in [0.05, 0.1) is 11.3 Å². The van der Waals surface area contributed by atoms with Crippen molar-refractivity contribution in [2.75, 3.05) is 0 Å². The van der Waals surface area contributed by atoms with Crippen molar-refractivity contribution in [2.45, 2.75) is 26.9 Å². The molecule has 0 fully saturated rings. The molecule has 100 valence electrons. The van der Waals surface area contributed by atoms with Crippen molar-refractivity contribution in [3.63, 3.8) is 0 Å². The highest BCUT2D eigenvalue weighted by Crippen LogP contribution is 2.34. The average Bonchev–Trinajstić information content (AvgIpc) is 2.13. The Labute approximate surface area is 112 Å². The number of aliphatic imine (C=N–C) groups is 1. The SMILES string of the molecule is CC(C)(C)C(N)=Nc1cc(Br)cc(C(F)(F)F)c1. The largest absolute Gasteiger partial charge is 0.416 e. The molecule has 2 N–H and O–H groups in total. The van der Waals surface area contributed by atoms with Gasteiger partial charge in [-0.05, 0) is 18.2 Å². The zero-order valence-corrected chi connectivity index (χ0v) is 11.9. The van der Waals surface area contributed by atoms with E-state index in [9.17, 15) is 13.2 Å². The Kier molecular flexibility index (Phi) is 4.10. The molecule has 0 atom stereocenters. The first-order chi connectivity index (χ1) is 8.00. The summed E-state index contributed by atoms with van der Waals surface area (Å²) in [7, 11) is 0. The molecule has 0 amide bonds. The lowest BCUT2D eigenvalue weighted by Crippen LogP contribution is -2.28. The van der Waals surface area contributed by atoms with Crippen molar-refractivity contribution in [1.29, 1.82) is 0 Å². The standard InChI is InChI=1S/C12H14BrF3N2/c1-11(2,3)10(17)18-9-5-7(12(14,15)16)4-8(13)6-9/h4-6H,1-3H3,(H2,17,18). The van der Waals surface area contributed by atoms with Crippen LogP contribution >= 0.6 is 15.9 Å². The second kappa shape index (κ2) is 4.91. The molecule has 0 saturated carbocycles. The summed E-state index contributed by atoms with van der Waals surface area (Å²) in [6.45, 7) is 5.53. The van der Waals surface area contributed by atoms with Gasteiger partial charge in [-0.25, -0.2) is 4.99 Å². The van der Waals surface area contributed by atoms with Gasteiger partial charge in [0.15, 0.2) is 0 Å². The van der Waals surface area contributed by atoms with Crippen LogP contribution in [0.4, 0.5) is 18.9 Å². The molecule has 1 rings (SSSR count). The lowest BCUT2D eigenvalue weighted by Gasteiger charge is -2.17. The van der Waals surface area contributed by atoms with Crippen LogP contribution in [0.25, 0.3) is 0 Å². The maximum Gasteiger partial charge on any atom is 0.416 e. The van der Waals surface area contributed by atoms with Crippen LogP contribution in [0.15, 0.2) is 27.7 Å². The van der Waals surface area contributed by atoms with E-state index in [4.69, 9.17) is 5.73 Å². The number of rotatable bonds is 1. The molecule has 0 aliphatic carbocycles. The topological polar surface area (TPSA) is 38.4 Å². The lowest BCUT2D eigenvalue weighted by molar-refractivity contribution is -0.137. The minimum atomic E-state index is -4.40. The van der Waals surface area contributed by atoms with Crippen molar-refractivity contribution in [1.82, 2.24) is 0 Å². The molecule has 0 unspecified atom stereocenters. The summed E-state index contributed by atoms with van der Waals surface area (Å²) in [5.41, 5.74) is 4.79. The summed E-state index contributed by atoms with van der Waals surface area (Å²) in [6, 6.07) is 3.48. The van der Waals surface area contributed by atoms with Crippen LogP contribution in [0.1, 0.15) is 26.3 Å². The number of hydrogen-bond acceptors (Lipinski definition) is 1. The summed E-state index contributed by atoms with van der Waals surface area (Å²) in [5, 5.41) is 0. The fraction of sp³-hybridized carbons (Fsp3) is 0.417. The van der Waals surface area contributed by atoms with Crippen molar-refractivity contribution < 1.29 is 13.2 Å². The zero-order chi connectivity index (χ0) is 14.1. The Morgan fingerprint density at radius 3 is 2.17 bits per heavy atom. The molecule has 1 aromatic rings. The van der Waals surface area contributed by atoms with Crippen LogP contribution < -0.4 is 5.73 Å². The maximum atomic E-state index is 12.6. The summed E-state index contributed by atoms with van der Waals surface area (Å²) in [6.07, 6.45) is -4.40. The van der Waals surface area contributed by atoms with Crippen LogP contribution in [0.2, 0.25) is 0 Å². The molecular weight excluding hydrogens is 309 g/mol. The molecular formula is C12H14BrF3N2. The molecule has 2 nitrogen and oxygen atoms in total. The maximum absolute atomic E-state index is 12.6.